The molecule has 1 aromatic carbocycles. The molecule has 0 radical (unpaired) electrons. The number of benzene rings is 1. The lowest BCUT2D eigenvalue weighted by molar-refractivity contribution is -0.116. The molecule has 0 saturated carbocycles. The Hall–Kier alpha value is -1.52. The van der Waals surface area contributed by atoms with Gasteiger partial charge in [-0.15, -0.1) is 0 Å². The number of H-pyrrole nitrogens is 1. The maximum atomic E-state index is 11.6. The largest absolute Gasteiger partial charge is 0.331 e. The number of imidazole rings is 1. The van der Waals surface area contributed by atoms with Crippen LogP contribution in [0.2, 0.25) is 10.0 Å². The van der Waals surface area contributed by atoms with Crippen molar-refractivity contribution in [3.05, 3.63) is 46.2 Å². The van der Waals surface area contributed by atoms with Gasteiger partial charge in [-0.05, 0) is 24.1 Å². The topological polar surface area (TPSA) is 57.8 Å². The standard InChI is InChI=1S/C12H11Cl2N3O/c13-9-3-1-8(10(14)7-9)2-4-11(18)17-12-15-5-6-16-12/h1,3,5-7H,2,4H2,(H2,15,16,17,18). The number of rotatable bonds is 4. The first-order valence-electron chi connectivity index (χ1n) is 5.38. The van der Waals surface area contributed by atoms with Crippen molar-refractivity contribution in [2.24, 2.45) is 0 Å². The number of nitrogens with zero attached hydrogens (tertiary/aromatic N) is 1. The molecule has 2 N–H and O–H groups in total. The minimum absolute atomic E-state index is 0.115. The van der Waals surface area contributed by atoms with Gasteiger partial charge in [0, 0.05) is 28.9 Å². The molecule has 0 bridgehead atoms. The van der Waals surface area contributed by atoms with Crippen LogP contribution in [0.1, 0.15) is 12.0 Å². The monoisotopic (exact) mass is 283 g/mol. The number of halogens is 2. The zero-order valence-electron chi connectivity index (χ0n) is 9.41. The molecule has 0 fully saturated rings. The van der Waals surface area contributed by atoms with E-state index in [2.05, 4.69) is 15.3 Å². The maximum Gasteiger partial charge on any atom is 0.227 e. The zero-order chi connectivity index (χ0) is 13.0. The molecule has 0 aliphatic rings. The normalized spacial score (nSPS) is 10.3. The van der Waals surface area contributed by atoms with Crippen LogP contribution in [0.3, 0.4) is 0 Å². The number of hydrogen-bond donors (Lipinski definition) is 2. The molecule has 0 spiro atoms. The van der Waals surface area contributed by atoms with E-state index in [1.165, 1.54) is 0 Å². The molecule has 0 aliphatic heterocycles. The Morgan fingerprint density at radius 2 is 2.22 bits per heavy atom. The molecular formula is C12H11Cl2N3O. The number of anilines is 1. The first-order chi connectivity index (χ1) is 8.65. The minimum atomic E-state index is -0.115. The fourth-order valence-corrected chi connectivity index (χ4v) is 2.00. The van der Waals surface area contributed by atoms with Crippen molar-refractivity contribution < 1.29 is 4.79 Å². The molecule has 0 unspecified atom stereocenters. The third kappa shape index (κ3) is 3.48. The van der Waals surface area contributed by atoms with E-state index in [0.29, 0.717) is 28.8 Å². The summed E-state index contributed by atoms with van der Waals surface area (Å²) in [6, 6.07) is 5.25. The van der Waals surface area contributed by atoms with Crippen LogP contribution in [-0.2, 0) is 11.2 Å². The summed E-state index contributed by atoms with van der Waals surface area (Å²) in [5.41, 5.74) is 0.899. The van der Waals surface area contributed by atoms with Crippen molar-refractivity contribution in [1.29, 1.82) is 0 Å². The van der Waals surface area contributed by atoms with Crippen LogP contribution in [0.5, 0.6) is 0 Å². The van der Waals surface area contributed by atoms with Gasteiger partial charge in [0.25, 0.3) is 0 Å². The highest BCUT2D eigenvalue weighted by Gasteiger charge is 2.07. The van der Waals surface area contributed by atoms with E-state index in [4.69, 9.17) is 23.2 Å². The van der Waals surface area contributed by atoms with E-state index in [1.54, 1.807) is 24.5 Å². The summed E-state index contributed by atoms with van der Waals surface area (Å²) in [6.07, 6.45) is 4.11. The number of carbonyl (C=O) groups is 1. The Morgan fingerprint density at radius 1 is 1.39 bits per heavy atom. The fraction of sp³-hybridized carbons (Fsp3) is 0.167. The number of aromatic nitrogens is 2. The molecule has 4 nitrogen and oxygen atoms in total. The molecule has 6 heteroatoms. The average Bonchev–Trinajstić information content (AvgIpc) is 2.80. The van der Waals surface area contributed by atoms with E-state index in [-0.39, 0.29) is 5.91 Å². The predicted octanol–water partition coefficient (Wildman–Crippen LogP) is 3.29. The lowest BCUT2D eigenvalue weighted by Crippen LogP contribution is -2.13. The maximum absolute atomic E-state index is 11.6. The molecule has 0 aliphatic carbocycles. The Kier molecular flexibility index (Phi) is 4.23. The molecule has 1 heterocycles. The van der Waals surface area contributed by atoms with Crippen LogP contribution >= 0.6 is 23.2 Å². The van der Waals surface area contributed by atoms with E-state index < -0.39 is 0 Å². The van der Waals surface area contributed by atoms with Crippen molar-refractivity contribution in [2.75, 3.05) is 5.32 Å². The molecule has 2 aromatic rings. The molecule has 2 rings (SSSR count). The van der Waals surface area contributed by atoms with E-state index in [0.717, 1.165) is 5.56 Å². The number of hydrogen-bond acceptors (Lipinski definition) is 2. The summed E-state index contributed by atoms with van der Waals surface area (Å²) in [5.74, 6) is 0.332. The third-order valence-electron chi connectivity index (χ3n) is 2.39. The summed E-state index contributed by atoms with van der Waals surface area (Å²) >= 11 is 11.8. The second-order valence-electron chi connectivity index (χ2n) is 3.72. The quantitative estimate of drug-likeness (QED) is 0.905. The lowest BCUT2D eigenvalue weighted by atomic mass is 10.1. The SMILES string of the molecule is O=C(CCc1ccc(Cl)cc1Cl)Nc1ncc[nH]1. The average molecular weight is 284 g/mol. The number of aromatic amines is 1. The first kappa shape index (κ1) is 12.9. The molecular weight excluding hydrogens is 273 g/mol. The Bertz CT molecular complexity index is 540. The zero-order valence-corrected chi connectivity index (χ0v) is 10.9. The Morgan fingerprint density at radius 3 is 2.89 bits per heavy atom. The highest BCUT2D eigenvalue weighted by molar-refractivity contribution is 6.35. The summed E-state index contributed by atoms with van der Waals surface area (Å²) < 4.78 is 0. The van der Waals surface area contributed by atoms with Crippen molar-refractivity contribution >= 4 is 35.1 Å². The highest BCUT2D eigenvalue weighted by atomic mass is 35.5. The van der Waals surface area contributed by atoms with Crippen molar-refractivity contribution in [1.82, 2.24) is 9.97 Å². The number of amides is 1. The molecule has 0 saturated heterocycles. The molecule has 0 atom stereocenters. The first-order valence-corrected chi connectivity index (χ1v) is 6.14. The van der Waals surface area contributed by atoms with Gasteiger partial charge in [0.15, 0.2) is 0 Å². The van der Waals surface area contributed by atoms with Gasteiger partial charge in [-0.2, -0.15) is 0 Å². The van der Waals surface area contributed by atoms with Crippen LogP contribution in [0.4, 0.5) is 5.95 Å². The second-order valence-corrected chi connectivity index (χ2v) is 4.57. The second kappa shape index (κ2) is 5.89. The van der Waals surface area contributed by atoms with E-state index in [1.807, 2.05) is 6.07 Å². The number of carbonyl (C=O) groups excluding carboxylic acids is 1. The van der Waals surface area contributed by atoms with Crippen LogP contribution in [0, 0.1) is 0 Å². The number of nitrogens with one attached hydrogen (secondary N) is 2. The molecule has 1 amide bonds. The summed E-state index contributed by atoms with van der Waals surface area (Å²) in [4.78, 5) is 18.3. The molecule has 94 valence electrons. The van der Waals surface area contributed by atoms with Gasteiger partial charge in [-0.3, -0.25) is 10.1 Å². The van der Waals surface area contributed by atoms with E-state index >= 15 is 0 Å². The van der Waals surface area contributed by atoms with Crippen molar-refractivity contribution in [3.8, 4) is 0 Å². The van der Waals surface area contributed by atoms with E-state index in [9.17, 15) is 4.79 Å². The fourth-order valence-electron chi connectivity index (χ4n) is 1.50. The lowest BCUT2D eigenvalue weighted by Gasteiger charge is -2.05. The van der Waals surface area contributed by atoms with Crippen LogP contribution < -0.4 is 5.32 Å². The van der Waals surface area contributed by atoms with Crippen LogP contribution in [0.25, 0.3) is 0 Å². The smallest absolute Gasteiger partial charge is 0.227 e. The summed E-state index contributed by atoms with van der Waals surface area (Å²) in [5, 5.41) is 3.81. The van der Waals surface area contributed by atoms with Gasteiger partial charge in [-0.25, -0.2) is 4.98 Å². The van der Waals surface area contributed by atoms with Crippen molar-refractivity contribution in [2.45, 2.75) is 12.8 Å². The van der Waals surface area contributed by atoms with Gasteiger partial charge in [0.05, 0.1) is 0 Å². The van der Waals surface area contributed by atoms with Gasteiger partial charge < -0.3 is 4.98 Å². The highest BCUT2D eigenvalue weighted by Crippen LogP contribution is 2.22. The summed E-state index contributed by atoms with van der Waals surface area (Å²) in [7, 11) is 0. The minimum Gasteiger partial charge on any atom is -0.331 e. The predicted molar refractivity (Wildman–Crippen MR) is 72.0 cm³/mol. The van der Waals surface area contributed by atoms with Gasteiger partial charge in [0.2, 0.25) is 11.9 Å². The summed E-state index contributed by atoms with van der Waals surface area (Å²) in [6.45, 7) is 0. The number of aryl methyl sites for hydroxylation is 1. The van der Waals surface area contributed by atoms with Crippen LogP contribution in [0.15, 0.2) is 30.6 Å². The van der Waals surface area contributed by atoms with Gasteiger partial charge >= 0.3 is 0 Å². The third-order valence-corrected chi connectivity index (χ3v) is 2.98. The van der Waals surface area contributed by atoms with Crippen molar-refractivity contribution in [3.63, 3.8) is 0 Å². The Balaban J connectivity index is 1.89. The van der Waals surface area contributed by atoms with Gasteiger partial charge in [-0.1, -0.05) is 29.3 Å². The van der Waals surface area contributed by atoms with Crippen LogP contribution in [-0.4, -0.2) is 15.9 Å². The Labute approximate surface area is 114 Å². The molecule has 18 heavy (non-hydrogen) atoms. The molecule has 1 aromatic heterocycles. The van der Waals surface area contributed by atoms with Gasteiger partial charge in [0.1, 0.15) is 0 Å².